The second-order valence-corrected chi connectivity index (χ2v) is 7.55. The summed E-state index contributed by atoms with van der Waals surface area (Å²) >= 11 is 0. The van der Waals surface area contributed by atoms with Gasteiger partial charge >= 0.3 is 0 Å². The van der Waals surface area contributed by atoms with Crippen LogP contribution in [0.15, 0.2) is 29.3 Å². The summed E-state index contributed by atoms with van der Waals surface area (Å²) in [6, 6.07) is 2.02. The first-order chi connectivity index (χ1) is 14.0. The fraction of sp³-hybridized carbons (Fsp3) is 0.429. The number of likely N-dealkylation sites (tertiary alicyclic amines) is 1. The average molecular weight is 392 g/mol. The van der Waals surface area contributed by atoms with Gasteiger partial charge in [-0.25, -0.2) is 19.9 Å². The molecule has 29 heavy (non-hydrogen) atoms. The maximum Gasteiger partial charge on any atom is 0.256 e. The van der Waals surface area contributed by atoms with Crippen molar-refractivity contribution >= 4 is 5.91 Å². The first-order valence-corrected chi connectivity index (χ1v) is 9.83. The van der Waals surface area contributed by atoms with Crippen LogP contribution in [0.2, 0.25) is 0 Å². The maximum absolute atomic E-state index is 12.6. The Hall–Kier alpha value is -3.16. The van der Waals surface area contributed by atoms with E-state index in [-0.39, 0.29) is 5.91 Å². The van der Waals surface area contributed by atoms with Gasteiger partial charge in [0.2, 0.25) is 0 Å². The highest BCUT2D eigenvalue weighted by Crippen LogP contribution is 2.27. The largest absolute Gasteiger partial charge is 0.361 e. The number of piperidine rings is 1. The smallest absolute Gasteiger partial charge is 0.256 e. The van der Waals surface area contributed by atoms with Crippen molar-refractivity contribution in [2.24, 2.45) is 5.92 Å². The second-order valence-electron chi connectivity index (χ2n) is 7.55. The summed E-state index contributed by atoms with van der Waals surface area (Å²) in [6.07, 6.45) is 7.58. The molecule has 0 bridgehead atoms. The number of hydrogen-bond donors (Lipinski definition) is 0. The van der Waals surface area contributed by atoms with Crippen molar-refractivity contribution in [3.8, 4) is 11.3 Å². The van der Waals surface area contributed by atoms with E-state index >= 15 is 0 Å². The molecule has 0 aliphatic carbocycles. The van der Waals surface area contributed by atoms with Crippen molar-refractivity contribution in [3.63, 3.8) is 0 Å². The molecule has 0 unspecified atom stereocenters. The molecule has 1 aliphatic heterocycles. The van der Waals surface area contributed by atoms with E-state index in [0.29, 0.717) is 17.3 Å². The fourth-order valence-corrected chi connectivity index (χ4v) is 3.82. The monoisotopic (exact) mass is 392 g/mol. The number of aromatic nitrogens is 5. The molecule has 0 atom stereocenters. The third-order valence-electron chi connectivity index (χ3n) is 5.44. The molecule has 0 aromatic carbocycles. The molecular formula is C21H24N6O2. The van der Waals surface area contributed by atoms with Crippen molar-refractivity contribution in [2.45, 2.75) is 40.0 Å². The van der Waals surface area contributed by atoms with Crippen molar-refractivity contribution in [1.29, 1.82) is 0 Å². The summed E-state index contributed by atoms with van der Waals surface area (Å²) in [6.45, 7) is 7.09. The fourth-order valence-electron chi connectivity index (χ4n) is 3.82. The average Bonchev–Trinajstić information content (AvgIpc) is 3.07. The van der Waals surface area contributed by atoms with Gasteiger partial charge in [0.15, 0.2) is 0 Å². The molecule has 4 rings (SSSR count). The van der Waals surface area contributed by atoms with E-state index in [0.717, 1.165) is 60.8 Å². The second kappa shape index (κ2) is 8.06. The molecule has 8 nitrogen and oxygen atoms in total. The molecule has 3 aromatic heterocycles. The van der Waals surface area contributed by atoms with E-state index < -0.39 is 0 Å². The number of carbonyl (C=O) groups excluding carboxylic acids is 1. The van der Waals surface area contributed by atoms with Crippen LogP contribution in [0.5, 0.6) is 0 Å². The van der Waals surface area contributed by atoms with Crippen LogP contribution in [-0.4, -0.2) is 49.0 Å². The SMILES string of the molecule is Cc1ncc(C(=O)N2CCC(Cc3cc(-c4c(C)noc4C)ncn3)CC2)cn1. The lowest BCUT2D eigenvalue weighted by Crippen LogP contribution is -2.39. The van der Waals surface area contributed by atoms with Crippen LogP contribution in [0.3, 0.4) is 0 Å². The molecule has 1 amide bonds. The molecular weight excluding hydrogens is 368 g/mol. The van der Waals surface area contributed by atoms with Crippen molar-refractivity contribution in [1.82, 2.24) is 30.0 Å². The summed E-state index contributed by atoms with van der Waals surface area (Å²) in [5.74, 6) is 1.92. The zero-order chi connectivity index (χ0) is 20.4. The van der Waals surface area contributed by atoms with Crippen LogP contribution in [-0.2, 0) is 6.42 Å². The van der Waals surface area contributed by atoms with E-state index in [4.69, 9.17) is 4.52 Å². The summed E-state index contributed by atoms with van der Waals surface area (Å²) < 4.78 is 5.26. The first-order valence-electron chi connectivity index (χ1n) is 9.83. The number of amides is 1. The number of aryl methyl sites for hydroxylation is 3. The maximum atomic E-state index is 12.6. The van der Waals surface area contributed by atoms with Gasteiger partial charge in [0, 0.05) is 31.2 Å². The van der Waals surface area contributed by atoms with E-state index in [1.807, 2.05) is 31.7 Å². The molecule has 0 radical (unpaired) electrons. The summed E-state index contributed by atoms with van der Waals surface area (Å²) in [5, 5.41) is 4.01. The standard InChI is InChI=1S/C21H24N6O2/c1-13-20(14(2)29-26-13)19-9-18(24-12-25-19)8-16-4-6-27(7-5-16)21(28)17-10-22-15(3)23-11-17/h9-12,16H,4-8H2,1-3H3. The zero-order valence-electron chi connectivity index (χ0n) is 16.9. The molecule has 0 N–H and O–H groups in total. The quantitative estimate of drug-likeness (QED) is 0.673. The van der Waals surface area contributed by atoms with Crippen molar-refractivity contribution in [2.75, 3.05) is 13.1 Å². The van der Waals surface area contributed by atoms with Gasteiger partial charge in [0.05, 0.1) is 22.5 Å². The van der Waals surface area contributed by atoms with E-state index in [9.17, 15) is 4.79 Å². The van der Waals surface area contributed by atoms with Crippen molar-refractivity contribution in [3.05, 3.63) is 53.3 Å². The Bertz CT molecular complexity index is 987. The predicted octanol–water partition coefficient (Wildman–Crippen LogP) is 2.94. The predicted molar refractivity (Wildman–Crippen MR) is 106 cm³/mol. The van der Waals surface area contributed by atoms with Crippen LogP contribution < -0.4 is 0 Å². The van der Waals surface area contributed by atoms with Gasteiger partial charge in [0.1, 0.15) is 17.9 Å². The molecule has 150 valence electrons. The van der Waals surface area contributed by atoms with E-state index in [1.165, 1.54) is 0 Å². The molecule has 1 fully saturated rings. The van der Waals surface area contributed by atoms with Gasteiger partial charge in [-0.15, -0.1) is 0 Å². The Morgan fingerprint density at radius 2 is 1.83 bits per heavy atom. The normalized spacial score (nSPS) is 14.9. The Kier molecular flexibility index (Phi) is 5.33. The third kappa shape index (κ3) is 4.16. The molecule has 1 saturated heterocycles. The molecule has 3 aromatic rings. The van der Waals surface area contributed by atoms with Gasteiger partial charge in [-0.2, -0.15) is 0 Å². The summed E-state index contributed by atoms with van der Waals surface area (Å²) in [5.41, 5.74) is 4.17. The number of hydrogen-bond acceptors (Lipinski definition) is 7. The zero-order valence-corrected chi connectivity index (χ0v) is 16.9. The van der Waals surface area contributed by atoms with Crippen LogP contribution in [0, 0.1) is 26.7 Å². The number of carbonyl (C=O) groups is 1. The Morgan fingerprint density at radius 1 is 1.10 bits per heavy atom. The number of nitrogens with zero attached hydrogens (tertiary/aromatic N) is 6. The first kappa shape index (κ1) is 19.2. The minimum atomic E-state index is 0.00572. The highest BCUT2D eigenvalue weighted by molar-refractivity contribution is 5.93. The van der Waals surface area contributed by atoms with Crippen molar-refractivity contribution < 1.29 is 9.32 Å². The molecule has 0 spiro atoms. The number of rotatable bonds is 4. The van der Waals surface area contributed by atoms with Gasteiger partial charge < -0.3 is 9.42 Å². The topological polar surface area (TPSA) is 97.9 Å². The van der Waals surface area contributed by atoms with Gasteiger partial charge in [-0.3, -0.25) is 4.79 Å². The Balaban J connectivity index is 1.38. The Morgan fingerprint density at radius 3 is 2.48 bits per heavy atom. The molecule has 8 heteroatoms. The molecule has 1 aliphatic rings. The van der Waals surface area contributed by atoms with Gasteiger partial charge in [0.25, 0.3) is 5.91 Å². The molecule has 0 saturated carbocycles. The van der Waals surface area contributed by atoms with Crippen LogP contribution >= 0.6 is 0 Å². The minimum Gasteiger partial charge on any atom is -0.361 e. The van der Waals surface area contributed by atoms with E-state index in [2.05, 4.69) is 25.1 Å². The highest BCUT2D eigenvalue weighted by Gasteiger charge is 2.25. The lowest BCUT2D eigenvalue weighted by molar-refractivity contribution is 0.0689. The Labute approximate surface area is 169 Å². The van der Waals surface area contributed by atoms with Gasteiger partial charge in [-0.1, -0.05) is 5.16 Å². The van der Waals surface area contributed by atoms with Crippen LogP contribution in [0.25, 0.3) is 11.3 Å². The summed E-state index contributed by atoms with van der Waals surface area (Å²) in [7, 11) is 0. The van der Waals surface area contributed by atoms with E-state index in [1.54, 1.807) is 18.7 Å². The lowest BCUT2D eigenvalue weighted by atomic mass is 9.91. The minimum absolute atomic E-state index is 0.00572. The summed E-state index contributed by atoms with van der Waals surface area (Å²) in [4.78, 5) is 31.6. The molecule has 4 heterocycles. The lowest BCUT2D eigenvalue weighted by Gasteiger charge is -2.31. The third-order valence-corrected chi connectivity index (χ3v) is 5.44. The van der Waals surface area contributed by atoms with Crippen LogP contribution in [0.4, 0.5) is 0 Å². The van der Waals surface area contributed by atoms with Gasteiger partial charge in [-0.05, 0) is 52.0 Å². The van der Waals surface area contributed by atoms with Crippen LogP contribution in [0.1, 0.15) is 46.2 Å². The highest BCUT2D eigenvalue weighted by atomic mass is 16.5.